The fourth-order valence-corrected chi connectivity index (χ4v) is 3.21. The predicted octanol–water partition coefficient (Wildman–Crippen LogP) is 2.54. The molecule has 0 spiro atoms. The maximum absolute atomic E-state index is 12.2. The summed E-state index contributed by atoms with van der Waals surface area (Å²) in [4.78, 5) is 20.5. The standard InChI is InChI=1S/C22H37N5O4.HI/c1-22(2,3)31-21(28)27-13-11-26(12-14-27)10-9-24-20(23-4)25-16-17-7-8-18(29-5)19(15-17)30-6;/h7-8,15H,9-14,16H2,1-6H3,(H2,23,24,25);1H. The predicted molar refractivity (Wildman–Crippen MR) is 137 cm³/mol. The Kier molecular flexibility index (Phi) is 11.9. The lowest BCUT2D eigenvalue weighted by atomic mass is 10.2. The average molecular weight is 563 g/mol. The molecular weight excluding hydrogens is 525 g/mol. The molecule has 9 nitrogen and oxygen atoms in total. The Balaban J connectivity index is 0.00000512. The number of hydrogen-bond acceptors (Lipinski definition) is 6. The van der Waals surface area contributed by atoms with Gasteiger partial charge in [0.1, 0.15) is 5.60 Å². The minimum atomic E-state index is -0.460. The van der Waals surface area contributed by atoms with E-state index in [2.05, 4.69) is 20.5 Å². The van der Waals surface area contributed by atoms with Crippen LogP contribution in [0.1, 0.15) is 26.3 Å². The number of benzene rings is 1. The van der Waals surface area contributed by atoms with Gasteiger partial charge in [-0.3, -0.25) is 9.89 Å². The summed E-state index contributed by atoms with van der Waals surface area (Å²) >= 11 is 0. The number of carbonyl (C=O) groups excluding carboxylic acids is 1. The third-order valence-electron chi connectivity index (χ3n) is 4.88. The first kappa shape index (κ1) is 28.1. The molecule has 0 atom stereocenters. The zero-order chi connectivity index (χ0) is 22.9. The molecule has 1 aliphatic heterocycles. The van der Waals surface area contributed by atoms with Gasteiger partial charge in [0, 0.05) is 52.9 Å². The molecule has 10 heteroatoms. The van der Waals surface area contributed by atoms with E-state index in [0.717, 1.165) is 37.7 Å². The number of halogens is 1. The van der Waals surface area contributed by atoms with Crippen LogP contribution in [0.4, 0.5) is 4.79 Å². The molecule has 0 bridgehead atoms. The van der Waals surface area contributed by atoms with E-state index in [1.54, 1.807) is 26.2 Å². The molecule has 0 aromatic heterocycles. The van der Waals surface area contributed by atoms with Crippen LogP contribution in [0.15, 0.2) is 23.2 Å². The number of ether oxygens (including phenoxy) is 3. The number of hydrogen-bond donors (Lipinski definition) is 2. The molecule has 0 radical (unpaired) electrons. The molecular formula is C22H38IN5O4. The van der Waals surface area contributed by atoms with E-state index in [9.17, 15) is 4.79 Å². The van der Waals surface area contributed by atoms with Crippen molar-refractivity contribution in [1.29, 1.82) is 0 Å². The molecule has 32 heavy (non-hydrogen) atoms. The maximum Gasteiger partial charge on any atom is 0.410 e. The Morgan fingerprint density at radius 3 is 2.28 bits per heavy atom. The lowest BCUT2D eigenvalue weighted by Gasteiger charge is -2.35. The van der Waals surface area contributed by atoms with Gasteiger partial charge < -0.3 is 29.7 Å². The number of rotatable bonds is 7. The van der Waals surface area contributed by atoms with Crippen LogP contribution in [0, 0.1) is 0 Å². The van der Waals surface area contributed by atoms with Crippen molar-refractivity contribution >= 4 is 36.0 Å². The molecule has 2 N–H and O–H groups in total. The zero-order valence-electron chi connectivity index (χ0n) is 20.1. The second-order valence-electron chi connectivity index (χ2n) is 8.35. The molecule has 0 unspecified atom stereocenters. The summed E-state index contributed by atoms with van der Waals surface area (Å²) in [5.41, 5.74) is 0.608. The van der Waals surface area contributed by atoms with Gasteiger partial charge in [-0.2, -0.15) is 0 Å². The topological polar surface area (TPSA) is 87.7 Å². The van der Waals surface area contributed by atoms with Gasteiger partial charge in [-0.05, 0) is 38.5 Å². The Morgan fingerprint density at radius 1 is 1.06 bits per heavy atom. The minimum absolute atomic E-state index is 0. The van der Waals surface area contributed by atoms with Gasteiger partial charge in [0.15, 0.2) is 17.5 Å². The Labute approximate surface area is 208 Å². The van der Waals surface area contributed by atoms with Crippen LogP contribution in [0.5, 0.6) is 11.5 Å². The number of piperazine rings is 1. The number of nitrogens with zero attached hydrogens (tertiary/aromatic N) is 3. The van der Waals surface area contributed by atoms with E-state index in [-0.39, 0.29) is 30.1 Å². The van der Waals surface area contributed by atoms with Crippen LogP contribution in [-0.4, -0.2) is 88.0 Å². The van der Waals surface area contributed by atoms with Gasteiger partial charge in [0.25, 0.3) is 0 Å². The van der Waals surface area contributed by atoms with Crippen LogP contribution < -0.4 is 20.1 Å². The first-order chi connectivity index (χ1) is 14.8. The Bertz CT molecular complexity index is 746. The second-order valence-corrected chi connectivity index (χ2v) is 8.35. The number of amides is 1. The highest BCUT2D eigenvalue weighted by Gasteiger charge is 2.25. The molecule has 1 aromatic carbocycles. The molecule has 1 aromatic rings. The van der Waals surface area contributed by atoms with E-state index in [1.165, 1.54) is 0 Å². The fourth-order valence-electron chi connectivity index (χ4n) is 3.21. The molecule has 1 amide bonds. The monoisotopic (exact) mass is 563 g/mol. The van der Waals surface area contributed by atoms with Crippen molar-refractivity contribution in [2.75, 3.05) is 60.5 Å². The summed E-state index contributed by atoms with van der Waals surface area (Å²) in [7, 11) is 5.01. The van der Waals surface area contributed by atoms with E-state index in [4.69, 9.17) is 14.2 Å². The lowest BCUT2D eigenvalue weighted by Crippen LogP contribution is -2.51. The van der Waals surface area contributed by atoms with E-state index in [0.29, 0.717) is 31.1 Å². The molecule has 1 aliphatic rings. The Morgan fingerprint density at radius 2 is 1.72 bits per heavy atom. The highest BCUT2D eigenvalue weighted by molar-refractivity contribution is 14.0. The van der Waals surface area contributed by atoms with Crippen molar-refractivity contribution in [3.05, 3.63) is 23.8 Å². The van der Waals surface area contributed by atoms with Crippen LogP contribution >= 0.6 is 24.0 Å². The van der Waals surface area contributed by atoms with Crippen molar-refractivity contribution in [2.45, 2.75) is 32.9 Å². The van der Waals surface area contributed by atoms with Gasteiger partial charge in [-0.15, -0.1) is 24.0 Å². The van der Waals surface area contributed by atoms with Crippen molar-refractivity contribution in [3.8, 4) is 11.5 Å². The van der Waals surface area contributed by atoms with Gasteiger partial charge >= 0.3 is 6.09 Å². The minimum Gasteiger partial charge on any atom is -0.493 e. The van der Waals surface area contributed by atoms with Gasteiger partial charge in [0.2, 0.25) is 0 Å². The zero-order valence-corrected chi connectivity index (χ0v) is 22.4. The Hall–Kier alpha value is -1.95. The number of nitrogens with one attached hydrogen (secondary N) is 2. The summed E-state index contributed by atoms with van der Waals surface area (Å²) in [5, 5.41) is 6.65. The molecule has 1 fully saturated rings. The lowest BCUT2D eigenvalue weighted by molar-refractivity contribution is 0.0147. The summed E-state index contributed by atoms with van der Waals surface area (Å²) in [6.45, 7) is 10.9. The molecule has 1 heterocycles. The quantitative estimate of drug-likeness (QED) is 0.300. The molecule has 182 valence electrons. The third kappa shape index (κ3) is 9.27. The maximum atomic E-state index is 12.2. The van der Waals surface area contributed by atoms with E-state index >= 15 is 0 Å². The van der Waals surface area contributed by atoms with Crippen LogP contribution in [0.3, 0.4) is 0 Å². The molecule has 0 saturated carbocycles. The number of carbonyl (C=O) groups is 1. The highest BCUT2D eigenvalue weighted by atomic mass is 127. The summed E-state index contributed by atoms with van der Waals surface area (Å²) in [6, 6.07) is 5.83. The van der Waals surface area contributed by atoms with Crippen molar-refractivity contribution in [2.24, 2.45) is 4.99 Å². The van der Waals surface area contributed by atoms with Gasteiger partial charge in [0.05, 0.1) is 14.2 Å². The first-order valence-electron chi connectivity index (χ1n) is 10.6. The van der Waals surface area contributed by atoms with Crippen LogP contribution in [0.25, 0.3) is 0 Å². The number of methoxy groups -OCH3 is 2. The second kappa shape index (κ2) is 13.6. The van der Waals surface area contributed by atoms with Gasteiger partial charge in [-0.1, -0.05) is 6.07 Å². The average Bonchev–Trinajstić information content (AvgIpc) is 2.75. The number of guanidine groups is 1. The highest BCUT2D eigenvalue weighted by Crippen LogP contribution is 2.27. The fraction of sp³-hybridized carbons (Fsp3) is 0.636. The molecule has 0 aliphatic carbocycles. The smallest absolute Gasteiger partial charge is 0.410 e. The SMILES string of the molecule is CN=C(NCCN1CCN(C(=O)OC(C)(C)C)CC1)NCc1ccc(OC)c(OC)c1.I. The van der Waals surface area contributed by atoms with Crippen LogP contribution in [-0.2, 0) is 11.3 Å². The van der Waals surface area contributed by atoms with E-state index in [1.807, 2.05) is 39.0 Å². The third-order valence-corrected chi connectivity index (χ3v) is 4.88. The van der Waals surface area contributed by atoms with Crippen LogP contribution in [0.2, 0.25) is 0 Å². The van der Waals surface area contributed by atoms with Gasteiger partial charge in [-0.25, -0.2) is 4.79 Å². The first-order valence-corrected chi connectivity index (χ1v) is 10.6. The molecule has 2 rings (SSSR count). The molecule has 1 saturated heterocycles. The van der Waals surface area contributed by atoms with E-state index < -0.39 is 5.60 Å². The van der Waals surface area contributed by atoms with Crippen molar-refractivity contribution in [1.82, 2.24) is 20.4 Å². The van der Waals surface area contributed by atoms with Crippen molar-refractivity contribution < 1.29 is 19.0 Å². The summed E-state index contributed by atoms with van der Waals surface area (Å²) in [6.07, 6.45) is -0.231. The largest absolute Gasteiger partial charge is 0.493 e. The summed E-state index contributed by atoms with van der Waals surface area (Å²) < 4.78 is 16.1. The van der Waals surface area contributed by atoms with Crippen molar-refractivity contribution in [3.63, 3.8) is 0 Å². The number of aliphatic imine (C=N–C) groups is 1. The summed E-state index contributed by atoms with van der Waals surface area (Å²) in [5.74, 6) is 2.15. The normalized spacial score (nSPS) is 14.9.